The highest BCUT2D eigenvalue weighted by molar-refractivity contribution is 5.79. The predicted octanol–water partition coefficient (Wildman–Crippen LogP) is 2.70. The molecule has 0 fully saturated rings. The largest absolute Gasteiger partial charge is 0.381 e. The maximum absolute atomic E-state index is 8.96. The van der Waals surface area contributed by atoms with E-state index in [1.54, 1.807) is 6.07 Å². The van der Waals surface area contributed by atoms with E-state index in [-0.39, 0.29) is 0 Å². The number of aromatic nitrogens is 2. The van der Waals surface area contributed by atoms with Gasteiger partial charge in [-0.05, 0) is 31.0 Å². The van der Waals surface area contributed by atoms with Crippen molar-refractivity contribution in [2.45, 2.75) is 32.7 Å². The zero-order valence-corrected chi connectivity index (χ0v) is 11.8. The third-order valence-corrected chi connectivity index (χ3v) is 3.22. The number of rotatable bonds is 7. The van der Waals surface area contributed by atoms with Gasteiger partial charge in [0.2, 0.25) is 5.95 Å². The van der Waals surface area contributed by atoms with Crippen LogP contribution in [0.2, 0.25) is 0 Å². The molecule has 0 spiro atoms. The molecule has 0 atom stereocenters. The average molecular weight is 272 g/mol. The molecule has 0 saturated heterocycles. The van der Waals surface area contributed by atoms with Crippen LogP contribution in [0.25, 0.3) is 11.0 Å². The Hall–Kier alpha value is -2.06. The second-order valence-corrected chi connectivity index (χ2v) is 4.76. The Morgan fingerprint density at radius 1 is 1.35 bits per heavy atom. The molecule has 0 unspecified atom stereocenters. The van der Waals surface area contributed by atoms with Crippen molar-refractivity contribution in [3.8, 4) is 6.07 Å². The second kappa shape index (κ2) is 6.92. The monoisotopic (exact) mass is 272 g/mol. The number of nitrogen functional groups attached to an aromatic ring is 1. The molecule has 0 saturated carbocycles. The van der Waals surface area contributed by atoms with E-state index < -0.39 is 0 Å². The minimum atomic E-state index is 0.489. The molecule has 0 radical (unpaired) electrons. The zero-order chi connectivity index (χ0) is 14.4. The maximum Gasteiger partial charge on any atom is 0.201 e. The van der Waals surface area contributed by atoms with Crippen molar-refractivity contribution in [2.24, 2.45) is 0 Å². The van der Waals surface area contributed by atoms with Gasteiger partial charge in [0.1, 0.15) is 0 Å². The van der Waals surface area contributed by atoms with Crippen molar-refractivity contribution in [1.29, 1.82) is 5.26 Å². The zero-order valence-electron chi connectivity index (χ0n) is 11.8. The molecule has 1 aromatic carbocycles. The van der Waals surface area contributed by atoms with Crippen molar-refractivity contribution < 1.29 is 4.74 Å². The van der Waals surface area contributed by atoms with E-state index in [1.807, 2.05) is 16.7 Å². The van der Waals surface area contributed by atoms with Crippen LogP contribution >= 0.6 is 0 Å². The summed E-state index contributed by atoms with van der Waals surface area (Å²) in [5.41, 5.74) is 8.30. The maximum atomic E-state index is 8.96. The first kappa shape index (κ1) is 14.4. The first-order valence-corrected chi connectivity index (χ1v) is 7.00. The number of imidazole rings is 1. The predicted molar refractivity (Wildman–Crippen MR) is 79.2 cm³/mol. The van der Waals surface area contributed by atoms with Crippen LogP contribution in [-0.4, -0.2) is 22.8 Å². The fraction of sp³-hybridized carbons (Fsp3) is 0.467. The van der Waals surface area contributed by atoms with Gasteiger partial charge in [0.05, 0.1) is 22.7 Å². The molecule has 0 bridgehead atoms. The van der Waals surface area contributed by atoms with Gasteiger partial charge >= 0.3 is 0 Å². The first-order chi connectivity index (χ1) is 9.76. The van der Waals surface area contributed by atoms with Crippen molar-refractivity contribution in [3.63, 3.8) is 0 Å². The lowest BCUT2D eigenvalue weighted by atomic mass is 10.2. The summed E-state index contributed by atoms with van der Waals surface area (Å²) in [4.78, 5) is 4.31. The van der Waals surface area contributed by atoms with Gasteiger partial charge in [-0.3, -0.25) is 0 Å². The standard InChI is InChI=1S/C15H20N4O/c1-2-3-8-20-9-4-7-19-14-10-12(11-16)5-6-13(14)18-15(19)17/h5-6,10H,2-4,7-9H2,1H3,(H2,17,18). The van der Waals surface area contributed by atoms with Gasteiger partial charge in [-0.25, -0.2) is 4.98 Å². The lowest BCUT2D eigenvalue weighted by Crippen LogP contribution is -2.06. The number of hydrogen-bond donors (Lipinski definition) is 1. The highest BCUT2D eigenvalue weighted by Gasteiger charge is 2.08. The van der Waals surface area contributed by atoms with Crippen LogP contribution in [0.15, 0.2) is 18.2 Å². The molecule has 106 valence electrons. The summed E-state index contributed by atoms with van der Waals surface area (Å²) in [6.07, 6.45) is 3.13. The van der Waals surface area contributed by atoms with Gasteiger partial charge < -0.3 is 15.0 Å². The summed E-state index contributed by atoms with van der Waals surface area (Å²) in [5, 5.41) is 8.96. The number of aryl methyl sites for hydroxylation is 1. The van der Waals surface area contributed by atoms with Gasteiger partial charge in [-0.1, -0.05) is 13.3 Å². The molecule has 0 amide bonds. The number of nitriles is 1. The van der Waals surface area contributed by atoms with E-state index in [1.165, 1.54) is 0 Å². The number of fused-ring (bicyclic) bond motifs is 1. The molecule has 20 heavy (non-hydrogen) atoms. The molecule has 0 aliphatic carbocycles. The quantitative estimate of drug-likeness (QED) is 0.786. The summed E-state index contributed by atoms with van der Waals surface area (Å²) < 4.78 is 7.49. The van der Waals surface area contributed by atoms with Crippen LogP contribution in [0.5, 0.6) is 0 Å². The molecule has 1 aromatic heterocycles. The summed E-state index contributed by atoms with van der Waals surface area (Å²) in [5.74, 6) is 0.489. The van der Waals surface area contributed by atoms with Gasteiger partial charge in [0.15, 0.2) is 0 Å². The van der Waals surface area contributed by atoms with E-state index in [9.17, 15) is 0 Å². The van der Waals surface area contributed by atoms with Crippen molar-refractivity contribution in [3.05, 3.63) is 23.8 Å². The summed E-state index contributed by atoms with van der Waals surface area (Å²) in [7, 11) is 0. The third-order valence-electron chi connectivity index (χ3n) is 3.22. The normalized spacial score (nSPS) is 10.8. The van der Waals surface area contributed by atoms with Crippen LogP contribution in [0.4, 0.5) is 5.95 Å². The minimum absolute atomic E-state index is 0.489. The van der Waals surface area contributed by atoms with Crippen LogP contribution in [0.3, 0.4) is 0 Å². The molecule has 0 aliphatic heterocycles. The number of anilines is 1. The lowest BCUT2D eigenvalue weighted by Gasteiger charge is -2.07. The molecule has 2 aromatic rings. The molecule has 2 N–H and O–H groups in total. The Morgan fingerprint density at radius 2 is 2.15 bits per heavy atom. The van der Waals surface area contributed by atoms with Gasteiger partial charge in [-0.15, -0.1) is 0 Å². The molecule has 0 aliphatic rings. The van der Waals surface area contributed by atoms with Crippen molar-refractivity contribution >= 4 is 17.0 Å². The molecule has 5 nitrogen and oxygen atoms in total. The van der Waals surface area contributed by atoms with Gasteiger partial charge in [-0.2, -0.15) is 5.26 Å². The number of ether oxygens (including phenoxy) is 1. The molecular weight excluding hydrogens is 252 g/mol. The highest BCUT2D eigenvalue weighted by atomic mass is 16.5. The minimum Gasteiger partial charge on any atom is -0.381 e. The van der Waals surface area contributed by atoms with Crippen LogP contribution in [0, 0.1) is 11.3 Å². The van der Waals surface area contributed by atoms with Crippen molar-refractivity contribution in [1.82, 2.24) is 9.55 Å². The average Bonchev–Trinajstić information content (AvgIpc) is 2.77. The number of nitrogens with zero attached hydrogens (tertiary/aromatic N) is 3. The van der Waals surface area contributed by atoms with Crippen molar-refractivity contribution in [2.75, 3.05) is 18.9 Å². The molecule has 2 rings (SSSR count). The van der Waals surface area contributed by atoms with Crippen LogP contribution in [-0.2, 0) is 11.3 Å². The number of unbranched alkanes of at least 4 members (excludes halogenated alkanes) is 1. The summed E-state index contributed by atoms with van der Waals surface area (Å²) in [6.45, 7) is 4.43. The Balaban J connectivity index is 2.02. The molecule has 5 heteroatoms. The smallest absolute Gasteiger partial charge is 0.201 e. The summed E-state index contributed by atoms with van der Waals surface area (Å²) >= 11 is 0. The van der Waals surface area contributed by atoms with E-state index >= 15 is 0 Å². The van der Waals surface area contributed by atoms with E-state index in [0.717, 1.165) is 50.1 Å². The number of hydrogen-bond acceptors (Lipinski definition) is 4. The molecule has 1 heterocycles. The third kappa shape index (κ3) is 3.28. The topological polar surface area (TPSA) is 76.9 Å². The number of benzene rings is 1. The van der Waals surface area contributed by atoms with E-state index in [4.69, 9.17) is 15.7 Å². The fourth-order valence-electron chi connectivity index (χ4n) is 2.12. The fourth-order valence-corrected chi connectivity index (χ4v) is 2.12. The Morgan fingerprint density at radius 3 is 2.90 bits per heavy atom. The summed E-state index contributed by atoms with van der Waals surface area (Å²) in [6, 6.07) is 7.56. The van der Waals surface area contributed by atoms with Gasteiger partial charge in [0.25, 0.3) is 0 Å². The molecular formula is C15H20N4O. The SMILES string of the molecule is CCCCOCCCn1c(N)nc2ccc(C#N)cc21. The Bertz CT molecular complexity index is 612. The highest BCUT2D eigenvalue weighted by Crippen LogP contribution is 2.19. The van der Waals surface area contributed by atoms with Crippen LogP contribution in [0.1, 0.15) is 31.7 Å². The first-order valence-electron chi connectivity index (χ1n) is 7.00. The van der Waals surface area contributed by atoms with E-state index in [0.29, 0.717) is 11.5 Å². The van der Waals surface area contributed by atoms with E-state index in [2.05, 4.69) is 18.0 Å². The lowest BCUT2D eigenvalue weighted by molar-refractivity contribution is 0.126. The van der Waals surface area contributed by atoms with Gasteiger partial charge in [0, 0.05) is 19.8 Å². The second-order valence-electron chi connectivity index (χ2n) is 4.76. The Labute approximate surface area is 119 Å². The number of nitrogens with two attached hydrogens (primary N) is 1. The Kier molecular flexibility index (Phi) is 4.97. The van der Waals surface area contributed by atoms with Crippen LogP contribution < -0.4 is 5.73 Å².